The zero-order valence-corrected chi connectivity index (χ0v) is 22.3. The first kappa shape index (κ1) is 26.7. The predicted octanol–water partition coefficient (Wildman–Crippen LogP) is 5.37. The zero-order chi connectivity index (χ0) is 26.8. The lowest BCUT2D eigenvalue weighted by Gasteiger charge is -2.68. The molecule has 14 atom stereocenters. The molecule has 0 bridgehead atoms. The van der Waals surface area contributed by atoms with Crippen LogP contribution in [-0.2, 0) is 14.2 Å². The molecule has 0 aromatic heterocycles. The number of fused-ring (bicyclic) bond motifs is 7. The van der Waals surface area contributed by atoms with Gasteiger partial charge in [0.05, 0.1) is 24.9 Å². The summed E-state index contributed by atoms with van der Waals surface area (Å²) in [6.07, 6.45) is -5.79. The maximum atomic E-state index is 17.0. The van der Waals surface area contributed by atoms with Crippen LogP contribution in [0.4, 0.5) is 17.6 Å². The average molecular weight is 535 g/mol. The molecular weight excluding hydrogens is 492 g/mol. The first-order valence-corrected chi connectivity index (χ1v) is 14.3. The number of alkyl halides is 4. The Balaban J connectivity index is 1.42. The summed E-state index contributed by atoms with van der Waals surface area (Å²) in [5.74, 6) is -2.08. The third kappa shape index (κ3) is 3.39. The van der Waals surface area contributed by atoms with Gasteiger partial charge in [0.2, 0.25) is 0 Å². The third-order valence-corrected chi connectivity index (χ3v) is 12.4. The van der Waals surface area contributed by atoms with Gasteiger partial charge in [0, 0.05) is 29.1 Å². The van der Waals surface area contributed by atoms with E-state index in [0.717, 1.165) is 12.8 Å². The fraction of sp³-hybridized carbons (Fsp3) is 1.00. The molecule has 2 saturated heterocycles. The van der Waals surface area contributed by atoms with Gasteiger partial charge in [0.15, 0.2) is 12.0 Å². The summed E-state index contributed by atoms with van der Waals surface area (Å²) in [5.41, 5.74) is -4.31. The number of aliphatic hydroxyl groups excluding tert-OH is 2. The molecule has 4 saturated carbocycles. The number of rotatable bonds is 1. The molecule has 6 fully saturated rings. The largest absolute Gasteiger partial charge is 0.523 e. The Hall–Kier alpha value is -0.480. The lowest BCUT2D eigenvalue weighted by molar-refractivity contribution is -0.435. The molecule has 37 heavy (non-hydrogen) atoms. The molecule has 0 amide bonds. The molecule has 5 nitrogen and oxygen atoms in total. The highest BCUT2D eigenvalue weighted by Gasteiger charge is 2.80. The van der Waals surface area contributed by atoms with E-state index < -0.39 is 52.9 Å². The second-order valence-electron chi connectivity index (χ2n) is 13.9. The van der Waals surface area contributed by atoms with Crippen molar-refractivity contribution >= 4 is 0 Å². The third-order valence-electron chi connectivity index (χ3n) is 12.4. The van der Waals surface area contributed by atoms with Crippen molar-refractivity contribution in [1.82, 2.24) is 0 Å². The van der Waals surface area contributed by atoms with Crippen molar-refractivity contribution in [2.75, 3.05) is 6.61 Å². The van der Waals surface area contributed by atoms with Crippen molar-refractivity contribution in [1.29, 1.82) is 0 Å². The highest BCUT2D eigenvalue weighted by Crippen LogP contribution is 2.74. The van der Waals surface area contributed by atoms with E-state index in [-0.39, 0.29) is 36.2 Å². The van der Waals surface area contributed by atoms with Gasteiger partial charge in [0.25, 0.3) is 0 Å². The van der Waals surface area contributed by atoms with Crippen LogP contribution in [0.25, 0.3) is 0 Å². The minimum atomic E-state index is -5.05. The maximum absolute atomic E-state index is 17.0. The summed E-state index contributed by atoms with van der Waals surface area (Å²) < 4.78 is 77.3. The Morgan fingerprint density at radius 3 is 2.32 bits per heavy atom. The van der Waals surface area contributed by atoms with Gasteiger partial charge in [-0.15, -0.1) is 13.2 Å². The van der Waals surface area contributed by atoms with Gasteiger partial charge in [-0.25, -0.2) is 4.39 Å². The van der Waals surface area contributed by atoms with Crippen molar-refractivity contribution in [3.8, 4) is 0 Å². The number of ether oxygens (including phenoxy) is 3. The summed E-state index contributed by atoms with van der Waals surface area (Å²) >= 11 is 0. The van der Waals surface area contributed by atoms with Crippen molar-refractivity contribution in [2.24, 2.45) is 46.3 Å². The molecular formula is C28H42F4O5. The van der Waals surface area contributed by atoms with Gasteiger partial charge in [-0.1, -0.05) is 27.7 Å². The van der Waals surface area contributed by atoms with E-state index in [1.165, 1.54) is 0 Å². The van der Waals surface area contributed by atoms with Crippen LogP contribution >= 0.6 is 0 Å². The van der Waals surface area contributed by atoms with Crippen LogP contribution in [0.1, 0.15) is 79.1 Å². The smallest absolute Gasteiger partial charge is 0.393 e. The van der Waals surface area contributed by atoms with Crippen LogP contribution in [-0.4, -0.2) is 59.1 Å². The predicted molar refractivity (Wildman–Crippen MR) is 126 cm³/mol. The van der Waals surface area contributed by atoms with Gasteiger partial charge in [-0.3, -0.25) is 4.74 Å². The fourth-order valence-electron chi connectivity index (χ4n) is 10.6. The van der Waals surface area contributed by atoms with Crippen LogP contribution in [0.5, 0.6) is 0 Å². The SMILES string of the molecule is C[C@@H]1CC[C@@]2(OC1)OC1CC3C4CCC5C[C@@H](O)CC[C@]5(C)[C@@]4(OC(F)(F)F)[C@H](F)[C@@H](O)[C@]3(C)C1[C@@H]2C. The first-order valence-electron chi connectivity index (χ1n) is 14.3. The van der Waals surface area contributed by atoms with Crippen molar-refractivity contribution < 1.29 is 42.0 Å². The number of aliphatic hydroxyl groups is 2. The molecule has 0 aromatic carbocycles. The van der Waals surface area contributed by atoms with E-state index in [2.05, 4.69) is 6.92 Å². The summed E-state index contributed by atoms with van der Waals surface area (Å²) in [5, 5.41) is 22.1. The summed E-state index contributed by atoms with van der Waals surface area (Å²) in [7, 11) is 0. The minimum Gasteiger partial charge on any atom is -0.393 e. The Morgan fingerprint density at radius 2 is 1.68 bits per heavy atom. The zero-order valence-electron chi connectivity index (χ0n) is 22.3. The van der Waals surface area contributed by atoms with Gasteiger partial charge in [-0.05, 0) is 68.6 Å². The lowest BCUT2D eigenvalue weighted by atomic mass is 9.40. The minimum absolute atomic E-state index is 0.116. The molecule has 4 aliphatic carbocycles. The average Bonchev–Trinajstić information content (AvgIpc) is 3.26. The highest BCUT2D eigenvalue weighted by atomic mass is 19.4. The van der Waals surface area contributed by atoms with E-state index in [1.54, 1.807) is 6.92 Å². The normalized spacial score (nSPS) is 59.5. The van der Waals surface area contributed by atoms with E-state index in [4.69, 9.17) is 14.2 Å². The number of hydrogen-bond donors (Lipinski definition) is 2. The van der Waals surface area contributed by atoms with Crippen molar-refractivity contribution in [3.63, 3.8) is 0 Å². The summed E-state index contributed by atoms with van der Waals surface area (Å²) in [6.45, 7) is 8.34. The second-order valence-corrected chi connectivity index (χ2v) is 13.9. The topological polar surface area (TPSA) is 68.2 Å². The van der Waals surface area contributed by atoms with E-state index in [1.807, 2.05) is 13.8 Å². The van der Waals surface area contributed by atoms with Gasteiger partial charge in [0.1, 0.15) is 5.60 Å². The maximum Gasteiger partial charge on any atom is 0.523 e. The quantitative estimate of drug-likeness (QED) is 0.443. The molecule has 9 heteroatoms. The molecule has 2 N–H and O–H groups in total. The Kier molecular flexibility index (Phi) is 5.98. The van der Waals surface area contributed by atoms with Crippen LogP contribution < -0.4 is 0 Å². The number of halogens is 4. The molecule has 212 valence electrons. The molecule has 6 aliphatic rings. The van der Waals surface area contributed by atoms with Crippen LogP contribution in [0.2, 0.25) is 0 Å². The highest BCUT2D eigenvalue weighted by molar-refractivity contribution is 5.26. The van der Waals surface area contributed by atoms with E-state index in [0.29, 0.717) is 44.6 Å². The van der Waals surface area contributed by atoms with E-state index >= 15 is 4.39 Å². The van der Waals surface area contributed by atoms with Crippen LogP contribution in [0.15, 0.2) is 0 Å². The molecule has 5 unspecified atom stereocenters. The fourth-order valence-corrected chi connectivity index (χ4v) is 10.6. The Bertz CT molecular complexity index is 907. The van der Waals surface area contributed by atoms with Crippen molar-refractivity contribution in [3.05, 3.63) is 0 Å². The van der Waals surface area contributed by atoms with Crippen LogP contribution in [0.3, 0.4) is 0 Å². The molecule has 0 aromatic rings. The summed E-state index contributed by atoms with van der Waals surface area (Å²) in [4.78, 5) is 0. The Labute approximate surface area is 216 Å². The first-order chi connectivity index (χ1) is 17.2. The monoisotopic (exact) mass is 534 g/mol. The molecule has 2 aliphatic heterocycles. The molecule has 2 heterocycles. The lowest BCUT2D eigenvalue weighted by Crippen LogP contribution is -2.76. The van der Waals surface area contributed by atoms with Gasteiger partial charge in [-0.2, -0.15) is 0 Å². The molecule has 0 radical (unpaired) electrons. The second kappa shape index (κ2) is 8.27. The van der Waals surface area contributed by atoms with Gasteiger partial charge < -0.3 is 19.7 Å². The summed E-state index contributed by atoms with van der Waals surface area (Å²) in [6, 6.07) is 0. The van der Waals surface area contributed by atoms with Gasteiger partial charge >= 0.3 is 6.36 Å². The molecule has 1 spiro atoms. The standard InChI is InChI=1S/C28H42F4O5/c1-14-7-10-26(35-13-14)15(2)21-20(36-26)12-19-18-6-5-16-11-17(33)8-9-24(16,3)27(18,37-28(30,31)32)22(29)23(34)25(19,21)4/h14-23,33-34H,5-13H2,1-4H3/t14-,15+,16?,17+,18?,19?,20?,21?,22-,23-,24+,25+,26-,27+/m1/s1. The number of hydrogen-bond acceptors (Lipinski definition) is 5. The van der Waals surface area contributed by atoms with Crippen molar-refractivity contribution in [2.45, 2.75) is 121 Å². The molecule has 6 rings (SSSR count). The van der Waals surface area contributed by atoms with E-state index in [9.17, 15) is 23.4 Å². The van der Waals surface area contributed by atoms with Crippen LogP contribution in [0, 0.1) is 46.3 Å². The Morgan fingerprint density at radius 1 is 0.946 bits per heavy atom.